The van der Waals surface area contributed by atoms with Crippen LogP contribution >= 0.6 is 0 Å². The van der Waals surface area contributed by atoms with E-state index in [1.54, 1.807) is 6.92 Å². The highest BCUT2D eigenvalue weighted by Crippen LogP contribution is 2.01. The molecule has 0 aliphatic carbocycles. The lowest BCUT2D eigenvalue weighted by Gasteiger charge is -2.14. The van der Waals surface area contributed by atoms with Gasteiger partial charge in [-0.15, -0.1) is 12.3 Å². The van der Waals surface area contributed by atoms with E-state index in [-0.39, 0.29) is 18.2 Å². The molecule has 0 aliphatic heterocycles. The number of terminal acetylenes is 1. The number of hydrogen-bond donors (Lipinski definition) is 2. The first-order valence-corrected chi connectivity index (χ1v) is 4.49. The molecule has 0 rings (SSSR count). The summed E-state index contributed by atoms with van der Waals surface area (Å²) in [7, 11) is 0. The number of rotatable bonds is 5. The van der Waals surface area contributed by atoms with Crippen LogP contribution in [0.3, 0.4) is 0 Å². The Morgan fingerprint density at radius 2 is 2.14 bits per heavy atom. The molecule has 0 radical (unpaired) electrons. The van der Waals surface area contributed by atoms with Gasteiger partial charge in [0.05, 0.1) is 0 Å². The van der Waals surface area contributed by atoms with Crippen molar-refractivity contribution < 1.29 is 14.7 Å². The molecule has 4 heteroatoms. The first-order valence-electron chi connectivity index (χ1n) is 4.49. The Morgan fingerprint density at radius 3 is 2.50 bits per heavy atom. The van der Waals surface area contributed by atoms with E-state index in [0.29, 0.717) is 6.42 Å². The molecule has 0 aromatic carbocycles. The summed E-state index contributed by atoms with van der Waals surface area (Å²) in [5.74, 6) is 0.664. The van der Waals surface area contributed by atoms with Crippen molar-refractivity contribution in [2.24, 2.45) is 5.92 Å². The lowest BCUT2D eigenvalue weighted by Crippen LogP contribution is -2.42. The third-order valence-electron chi connectivity index (χ3n) is 2.00. The smallest absolute Gasteiger partial charge is 0.327 e. The monoisotopic (exact) mass is 197 g/mol. The number of amides is 1. The van der Waals surface area contributed by atoms with Gasteiger partial charge < -0.3 is 10.4 Å². The second-order valence-corrected chi connectivity index (χ2v) is 3.12. The van der Waals surface area contributed by atoms with Gasteiger partial charge in [-0.3, -0.25) is 4.79 Å². The van der Waals surface area contributed by atoms with Crippen LogP contribution in [0, 0.1) is 18.3 Å². The molecule has 0 saturated carbocycles. The van der Waals surface area contributed by atoms with Crippen molar-refractivity contribution in [3.05, 3.63) is 0 Å². The van der Waals surface area contributed by atoms with Gasteiger partial charge in [0.2, 0.25) is 5.91 Å². The molecule has 0 fully saturated rings. The van der Waals surface area contributed by atoms with Crippen LogP contribution in [0.4, 0.5) is 0 Å². The van der Waals surface area contributed by atoms with E-state index in [1.165, 1.54) is 0 Å². The van der Waals surface area contributed by atoms with Crippen LogP contribution in [0.15, 0.2) is 0 Å². The van der Waals surface area contributed by atoms with Gasteiger partial charge in [0.1, 0.15) is 6.04 Å². The Hall–Kier alpha value is -1.50. The van der Waals surface area contributed by atoms with Crippen molar-refractivity contribution in [2.75, 3.05) is 0 Å². The van der Waals surface area contributed by atoms with Gasteiger partial charge in [-0.2, -0.15) is 0 Å². The van der Waals surface area contributed by atoms with Gasteiger partial charge in [0.15, 0.2) is 0 Å². The van der Waals surface area contributed by atoms with Gasteiger partial charge in [-0.1, -0.05) is 13.8 Å². The largest absolute Gasteiger partial charge is 0.480 e. The van der Waals surface area contributed by atoms with E-state index in [4.69, 9.17) is 11.5 Å². The fraction of sp³-hybridized carbons (Fsp3) is 0.600. The second-order valence-electron chi connectivity index (χ2n) is 3.12. The van der Waals surface area contributed by atoms with Crippen LogP contribution in [0.1, 0.15) is 26.7 Å². The number of carbonyl (C=O) groups is 2. The Labute approximate surface area is 83.7 Å². The fourth-order valence-corrected chi connectivity index (χ4v) is 0.817. The first kappa shape index (κ1) is 12.5. The number of carbonyl (C=O) groups excluding carboxylic acids is 1. The first-order chi connectivity index (χ1) is 6.52. The van der Waals surface area contributed by atoms with E-state index < -0.39 is 12.0 Å². The number of carboxylic acid groups (broad SMARTS) is 1. The summed E-state index contributed by atoms with van der Waals surface area (Å²) in [4.78, 5) is 21.9. The van der Waals surface area contributed by atoms with Crippen LogP contribution in [-0.2, 0) is 9.59 Å². The second kappa shape index (κ2) is 6.03. The summed E-state index contributed by atoms with van der Waals surface area (Å²) in [5.41, 5.74) is 0. The molecule has 2 N–H and O–H groups in total. The number of hydrogen-bond acceptors (Lipinski definition) is 2. The Kier molecular flexibility index (Phi) is 5.38. The molecule has 0 aromatic rings. The van der Waals surface area contributed by atoms with Crippen LogP contribution in [-0.4, -0.2) is 23.0 Å². The molecule has 0 heterocycles. The molecule has 4 nitrogen and oxygen atoms in total. The van der Waals surface area contributed by atoms with Gasteiger partial charge in [0.25, 0.3) is 0 Å². The van der Waals surface area contributed by atoms with Crippen LogP contribution in [0.2, 0.25) is 0 Å². The van der Waals surface area contributed by atoms with Crippen molar-refractivity contribution in [3.8, 4) is 12.3 Å². The Bertz CT molecular complexity index is 255. The maximum Gasteiger partial charge on any atom is 0.327 e. The molecular formula is C10H15NO3. The zero-order valence-corrected chi connectivity index (χ0v) is 8.41. The van der Waals surface area contributed by atoms with Gasteiger partial charge in [-0.25, -0.2) is 4.79 Å². The zero-order valence-electron chi connectivity index (χ0n) is 8.41. The molecule has 0 aliphatic rings. The predicted octanol–water partition coefficient (Wildman–Crippen LogP) is 0.625. The van der Waals surface area contributed by atoms with Gasteiger partial charge >= 0.3 is 5.97 Å². The maximum absolute atomic E-state index is 11.3. The standard InChI is InChI=1S/C10H15NO3/c1-4-6-8(10(13)14)11-9(12)7(3)5-2/h1,7-8H,5-6H2,2-3H3,(H,11,12)(H,13,14). The maximum atomic E-state index is 11.3. The average molecular weight is 197 g/mol. The van der Waals surface area contributed by atoms with Crippen molar-refractivity contribution in [1.82, 2.24) is 5.32 Å². The topological polar surface area (TPSA) is 66.4 Å². The summed E-state index contributed by atoms with van der Waals surface area (Å²) in [6.45, 7) is 3.60. The van der Waals surface area contributed by atoms with E-state index in [9.17, 15) is 9.59 Å². The molecule has 0 spiro atoms. The van der Waals surface area contributed by atoms with E-state index in [0.717, 1.165) is 0 Å². The predicted molar refractivity (Wildman–Crippen MR) is 52.5 cm³/mol. The Balaban J connectivity index is 4.24. The fourth-order valence-electron chi connectivity index (χ4n) is 0.817. The third-order valence-corrected chi connectivity index (χ3v) is 2.00. The SMILES string of the molecule is C#CCC(NC(=O)C(C)CC)C(=O)O. The molecular weight excluding hydrogens is 182 g/mol. The minimum Gasteiger partial charge on any atom is -0.480 e. The number of nitrogens with one attached hydrogen (secondary N) is 1. The van der Waals surface area contributed by atoms with Crippen molar-refractivity contribution in [2.45, 2.75) is 32.7 Å². The highest BCUT2D eigenvalue weighted by molar-refractivity contribution is 5.84. The van der Waals surface area contributed by atoms with E-state index in [1.807, 2.05) is 6.92 Å². The molecule has 14 heavy (non-hydrogen) atoms. The third kappa shape index (κ3) is 3.94. The van der Waals surface area contributed by atoms with Crippen LogP contribution in [0.5, 0.6) is 0 Å². The van der Waals surface area contributed by atoms with E-state index >= 15 is 0 Å². The highest BCUT2D eigenvalue weighted by Gasteiger charge is 2.20. The molecule has 0 aromatic heterocycles. The van der Waals surface area contributed by atoms with Gasteiger partial charge in [-0.05, 0) is 6.42 Å². The van der Waals surface area contributed by atoms with Crippen molar-refractivity contribution >= 4 is 11.9 Å². The summed E-state index contributed by atoms with van der Waals surface area (Å²) in [6.07, 6.45) is 5.67. The summed E-state index contributed by atoms with van der Waals surface area (Å²) in [5, 5.41) is 11.1. The Morgan fingerprint density at radius 1 is 1.57 bits per heavy atom. The zero-order chi connectivity index (χ0) is 11.1. The summed E-state index contributed by atoms with van der Waals surface area (Å²) in [6, 6.07) is -0.971. The molecule has 78 valence electrons. The summed E-state index contributed by atoms with van der Waals surface area (Å²) >= 11 is 0. The normalized spacial score (nSPS) is 13.8. The molecule has 1 amide bonds. The summed E-state index contributed by atoms with van der Waals surface area (Å²) < 4.78 is 0. The quantitative estimate of drug-likeness (QED) is 0.635. The minimum atomic E-state index is -1.10. The lowest BCUT2D eigenvalue weighted by atomic mass is 10.1. The lowest BCUT2D eigenvalue weighted by molar-refractivity contribution is -0.142. The highest BCUT2D eigenvalue weighted by atomic mass is 16.4. The molecule has 2 atom stereocenters. The molecule has 2 unspecified atom stereocenters. The van der Waals surface area contributed by atoms with Gasteiger partial charge in [0, 0.05) is 12.3 Å². The minimum absolute atomic E-state index is 0.0114. The van der Waals surface area contributed by atoms with E-state index in [2.05, 4.69) is 11.2 Å². The molecule has 0 bridgehead atoms. The average Bonchev–Trinajstić information content (AvgIpc) is 2.15. The van der Waals surface area contributed by atoms with Crippen LogP contribution < -0.4 is 5.32 Å². The van der Waals surface area contributed by atoms with Crippen LogP contribution in [0.25, 0.3) is 0 Å². The van der Waals surface area contributed by atoms with Crippen molar-refractivity contribution in [3.63, 3.8) is 0 Å². The number of carboxylic acids is 1. The number of aliphatic carboxylic acids is 1. The molecule has 0 saturated heterocycles. The van der Waals surface area contributed by atoms with Crippen molar-refractivity contribution in [1.29, 1.82) is 0 Å².